The highest BCUT2D eigenvalue weighted by Gasteiger charge is 2.30. The topological polar surface area (TPSA) is 31.2 Å². The van der Waals surface area contributed by atoms with Crippen LogP contribution in [-0.2, 0) is 0 Å². The van der Waals surface area contributed by atoms with Crippen LogP contribution in [0.2, 0.25) is 0 Å². The van der Waals surface area contributed by atoms with Gasteiger partial charge in [0.2, 0.25) is 0 Å². The first-order valence-corrected chi connectivity index (χ1v) is 22.0. The van der Waals surface area contributed by atoms with Gasteiger partial charge in [-0.2, -0.15) is 0 Å². The van der Waals surface area contributed by atoms with Crippen LogP contribution in [0, 0.1) is 0 Å². The summed E-state index contributed by atoms with van der Waals surface area (Å²) in [5, 5.41) is 6.77. The maximum atomic E-state index is 6.57. The van der Waals surface area contributed by atoms with Gasteiger partial charge in [0.15, 0.2) is 0 Å². The number of nitrogens with zero attached hydrogens (tertiary/aromatic N) is 1. The highest BCUT2D eigenvalue weighted by molar-refractivity contribution is 6.26. The van der Waals surface area contributed by atoms with Gasteiger partial charge in [0.25, 0.3) is 0 Å². The van der Waals surface area contributed by atoms with Crippen LogP contribution in [0.5, 0.6) is 0 Å². The number of para-hydroxylation sites is 2. The minimum Gasteiger partial charge on any atom is -0.456 e. The van der Waals surface area contributed by atoms with Crippen LogP contribution in [0.1, 0.15) is 22.6 Å². The van der Waals surface area contributed by atoms with Crippen LogP contribution in [0.25, 0.3) is 116 Å². The van der Waals surface area contributed by atoms with Crippen molar-refractivity contribution in [1.82, 2.24) is 4.57 Å². The molecule has 3 nitrogen and oxygen atoms in total. The van der Waals surface area contributed by atoms with E-state index in [0.717, 1.165) is 71.8 Å². The van der Waals surface area contributed by atoms with Gasteiger partial charge in [0, 0.05) is 43.9 Å². The standard InChI is InChI=1S/C61H37NO2/c1-3-12-37(13-4-1)59-47-20-8-7-18-45(47)49-33-40(22-26-48(49)59)38-14-11-15-39(32-38)42-24-28-55-51(35-42)60-57(63-55)30-31-58-61(60)52-36-43(25-29-56(52)64-58)41-23-27-54-50(34-41)46-19-9-10-21-53(46)62(54)44-16-5-2-6-17-44/h1-36,59H. The van der Waals surface area contributed by atoms with Crippen LogP contribution in [0.3, 0.4) is 0 Å². The second-order valence-electron chi connectivity index (χ2n) is 17.2. The fraction of sp³-hybridized carbons (Fsp3) is 0.0164. The van der Waals surface area contributed by atoms with Gasteiger partial charge in [-0.3, -0.25) is 0 Å². The smallest absolute Gasteiger partial charge is 0.136 e. The maximum Gasteiger partial charge on any atom is 0.136 e. The maximum absolute atomic E-state index is 6.57. The molecule has 1 aliphatic carbocycles. The molecule has 3 heteroatoms. The van der Waals surface area contributed by atoms with Crippen molar-refractivity contribution in [3.63, 3.8) is 0 Å². The third-order valence-electron chi connectivity index (χ3n) is 13.7. The molecule has 3 heterocycles. The molecule has 0 amide bonds. The highest BCUT2D eigenvalue weighted by atomic mass is 16.3. The molecule has 0 spiro atoms. The van der Waals surface area contributed by atoms with Gasteiger partial charge in [-0.25, -0.2) is 0 Å². The summed E-state index contributed by atoms with van der Waals surface area (Å²) in [6.07, 6.45) is 0. The average molecular weight is 816 g/mol. The van der Waals surface area contributed by atoms with Crippen LogP contribution in [0.4, 0.5) is 0 Å². The van der Waals surface area contributed by atoms with Crippen LogP contribution in [0.15, 0.2) is 227 Å². The van der Waals surface area contributed by atoms with Crippen molar-refractivity contribution >= 4 is 65.7 Å². The number of hydrogen-bond acceptors (Lipinski definition) is 2. The molecule has 0 radical (unpaired) electrons. The van der Waals surface area contributed by atoms with Gasteiger partial charge in [0.1, 0.15) is 22.3 Å². The van der Waals surface area contributed by atoms with Crippen molar-refractivity contribution < 1.29 is 8.83 Å². The van der Waals surface area contributed by atoms with E-state index >= 15 is 0 Å². The summed E-state index contributed by atoms with van der Waals surface area (Å²) < 4.78 is 15.5. The molecule has 298 valence electrons. The Kier molecular flexibility index (Phi) is 7.46. The lowest BCUT2D eigenvalue weighted by Gasteiger charge is -2.14. The van der Waals surface area contributed by atoms with Gasteiger partial charge in [-0.15, -0.1) is 0 Å². The summed E-state index contributed by atoms with van der Waals surface area (Å²) in [6.45, 7) is 0. The average Bonchev–Trinajstić information content (AvgIpc) is 4.11. The Hall–Kier alpha value is -8.40. The third kappa shape index (κ3) is 5.22. The lowest BCUT2D eigenvalue weighted by molar-refractivity contribution is 0.663. The van der Waals surface area contributed by atoms with Crippen molar-refractivity contribution in [3.05, 3.63) is 235 Å². The zero-order chi connectivity index (χ0) is 41.9. The van der Waals surface area contributed by atoms with E-state index in [1.165, 1.54) is 60.8 Å². The van der Waals surface area contributed by atoms with E-state index in [0.29, 0.717) is 0 Å². The van der Waals surface area contributed by atoms with E-state index < -0.39 is 0 Å². The number of rotatable bonds is 5. The molecule has 10 aromatic carbocycles. The Bertz CT molecular complexity index is 4020. The number of aromatic nitrogens is 1. The first kappa shape index (κ1) is 35.2. The summed E-state index contributed by atoms with van der Waals surface area (Å²) in [6, 6.07) is 79.2. The van der Waals surface area contributed by atoms with E-state index in [2.05, 4.69) is 211 Å². The minimum atomic E-state index is 0.235. The minimum absolute atomic E-state index is 0.235. The normalized spacial score (nSPS) is 13.5. The van der Waals surface area contributed by atoms with E-state index in [-0.39, 0.29) is 5.92 Å². The Morgan fingerprint density at radius 2 is 0.828 bits per heavy atom. The first-order chi connectivity index (χ1) is 31.7. The molecule has 13 aromatic rings. The summed E-state index contributed by atoms with van der Waals surface area (Å²) in [5.41, 5.74) is 20.7. The molecule has 3 aromatic heterocycles. The zero-order valence-electron chi connectivity index (χ0n) is 34.6. The molecule has 1 unspecified atom stereocenters. The highest BCUT2D eigenvalue weighted by Crippen LogP contribution is 2.49. The molecule has 1 aliphatic rings. The summed E-state index contributed by atoms with van der Waals surface area (Å²) in [5.74, 6) is 0.235. The van der Waals surface area contributed by atoms with Crippen LogP contribution in [-0.4, -0.2) is 4.57 Å². The summed E-state index contributed by atoms with van der Waals surface area (Å²) in [4.78, 5) is 0. The fourth-order valence-corrected chi connectivity index (χ4v) is 10.8. The fourth-order valence-electron chi connectivity index (χ4n) is 10.8. The van der Waals surface area contributed by atoms with E-state index in [1.54, 1.807) is 0 Å². The number of furan rings is 2. The monoisotopic (exact) mass is 815 g/mol. The predicted molar refractivity (Wildman–Crippen MR) is 264 cm³/mol. The molecule has 0 saturated carbocycles. The molecule has 1 atom stereocenters. The third-order valence-corrected chi connectivity index (χ3v) is 13.7. The van der Waals surface area contributed by atoms with E-state index in [1.807, 2.05) is 12.1 Å². The molecule has 0 saturated heterocycles. The summed E-state index contributed by atoms with van der Waals surface area (Å²) >= 11 is 0. The van der Waals surface area contributed by atoms with Crippen molar-refractivity contribution in [2.75, 3.05) is 0 Å². The van der Waals surface area contributed by atoms with E-state index in [9.17, 15) is 0 Å². The molecule has 64 heavy (non-hydrogen) atoms. The molecular formula is C61H37NO2. The van der Waals surface area contributed by atoms with Crippen LogP contribution < -0.4 is 0 Å². The first-order valence-electron chi connectivity index (χ1n) is 22.0. The predicted octanol–water partition coefficient (Wildman–Crippen LogP) is 16.7. The zero-order valence-corrected chi connectivity index (χ0v) is 34.6. The summed E-state index contributed by atoms with van der Waals surface area (Å²) in [7, 11) is 0. The Morgan fingerprint density at radius 1 is 0.312 bits per heavy atom. The van der Waals surface area contributed by atoms with Crippen molar-refractivity contribution in [2.45, 2.75) is 5.92 Å². The van der Waals surface area contributed by atoms with Gasteiger partial charge < -0.3 is 13.4 Å². The number of benzene rings is 10. The molecular weight excluding hydrogens is 779 g/mol. The Labute approximate surface area is 368 Å². The number of fused-ring (bicyclic) bond motifs is 13. The van der Waals surface area contributed by atoms with Gasteiger partial charge in [-0.05, 0) is 140 Å². The number of hydrogen-bond donors (Lipinski definition) is 0. The lowest BCUT2D eigenvalue weighted by Crippen LogP contribution is -1.98. The molecule has 0 bridgehead atoms. The molecule has 0 N–H and O–H groups in total. The lowest BCUT2D eigenvalue weighted by atomic mass is 9.89. The second-order valence-corrected chi connectivity index (χ2v) is 17.2. The van der Waals surface area contributed by atoms with Crippen molar-refractivity contribution in [1.29, 1.82) is 0 Å². The van der Waals surface area contributed by atoms with Gasteiger partial charge in [-0.1, -0.05) is 140 Å². The van der Waals surface area contributed by atoms with Crippen LogP contribution >= 0.6 is 0 Å². The van der Waals surface area contributed by atoms with E-state index in [4.69, 9.17) is 8.83 Å². The molecule has 0 fully saturated rings. The van der Waals surface area contributed by atoms with Crippen molar-refractivity contribution in [2.24, 2.45) is 0 Å². The van der Waals surface area contributed by atoms with Gasteiger partial charge in [0.05, 0.1) is 11.0 Å². The SMILES string of the molecule is c1ccc(C2c3ccccc3-c3cc(-c4cccc(-c5ccc6oc7ccc8oc9ccc(-c%10ccc%11c(c%10)c%10ccccc%10n%11-c%10ccccc%10)cc9c8c7c6c5)c4)ccc32)cc1. The molecule has 14 rings (SSSR count). The Balaban J connectivity index is 0.875. The molecule has 0 aliphatic heterocycles. The van der Waals surface area contributed by atoms with Crippen molar-refractivity contribution in [3.8, 4) is 50.2 Å². The van der Waals surface area contributed by atoms with Gasteiger partial charge >= 0.3 is 0 Å². The largest absolute Gasteiger partial charge is 0.456 e. The Morgan fingerprint density at radius 3 is 1.55 bits per heavy atom. The second kappa shape index (κ2) is 13.5. The quantitative estimate of drug-likeness (QED) is 0.173.